The Morgan fingerprint density at radius 1 is 1.32 bits per heavy atom. The topological polar surface area (TPSA) is 74.8 Å². The summed E-state index contributed by atoms with van der Waals surface area (Å²) in [7, 11) is -3.55. The van der Waals surface area contributed by atoms with E-state index < -0.39 is 10.0 Å². The van der Waals surface area contributed by atoms with E-state index in [-0.39, 0.29) is 4.90 Å². The predicted molar refractivity (Wildman–Crippen MR) is 74.5 cm³/mol. The highest BCUT2D eigenvalue weighted by Crippen LogP contribution is 2.21. The molecular formula is C13H17N3O2S. The number of hydrogen-bond acceptors (Lipinski definition) is 3. The van der Waals surface area contributed by atoms with Gasteiger partial charge in [0.05, 0.1) is 6.20 Å². The van der Waals surface area contributed by atoms with Crippen molar-refractivity contribution >= 4 is 15.7 Å². The Balaban J connectivity index is 2.16. The van der Waals surface area contributed by atoms with E-state index in [9.17, 15) is 8.42 Å². The second-order valence-corrected chi connectivity index (χ2v) is 6.15. The van der Waals surface area contributed by atoms with Gasteiger partial charge in [0.1, 0.15) is 4.90 Å². The lowest BCUT2D eigenvalue weighted by Gasteiger charge is -2.10. The molecule has 0 aliphatic carbocycles. The van der Waals surface area contributed by atoms with Gasteiger partial charge in [0.2, 0.25) is 0 Å². The van der Waals surface area contributed by atoms with Crippen LogP contribution in [0.15, 0.2) is 41.6 Å². The van der Waals surface area contributed by atoms with Gasteiger partial charge < -0.3 is 0 Å². The van der Waals surface area contributed by atoms with Crippen molar-refractivity contribution < 1.29 is 8.42 Å². The summed E-state index contributed by atoms with van der Waals surface area (Å²) in [5.74, 6) is 0.472. The van der Waals surface area contributed by atoms with Crippen molar-refractivity contribution in [2.24, 2.45) is 0 Å². The van der Waals surface area contributed by atoms with Crippen molar-refractivity contribution in [2.75, 3.05) is 4.72 Å². The molecule has 0 saturated heterocycles. The smallest absolute Gasteiger partial charge is 0.265 e. The van der Waals surface area contributed by atoms with Crippen molar-refractivity contribution in [2.45, 2.75) is 31.1 Å². The highest BCUT2D eigenvalue weighted by Gasteiger charge is 2.15. The number of nitrogens with zero attached hydrogens (tertiary/aromatic N) is 1. The minimum atomic E-state index is -3.55. The van der Waals surface area contributed by atoms with E-state index in [1.54, 1.807) is 12.1 Å². The molecule has 0 aliphatic rings. The molecule has 0 amide bonds. The van der Waals surface area contributed by atoms with Gasteiger partial charge in [0, 0.05) is 11.9 Å². The quantitative estimate of drug-likeness (QED) is 0.883. The number of benzene rings is 1. The van der Waals surface area contributed by atoms with Crippen LogP contribution < -0.4 is 4.72 Å². The molecule has 1 atom stereocenters. The van der Waals surface area contributed by atoms with Crippen LogP contribution in [0.5, 0.6) is 0 Å². The molecule has 1 aromatic carbocycles. The summed E-state index contributed by atoms with van der Waals surface area (Å²) >= 11 is 0. The van der Waals surface area contributed by atoms with Gasteiger partial charge in [-0.1, -0.05) is 26.0 Å². The van der Waals surface area contributed by atoms with Crippen LogP contribution >= 0.6 is 0 Å². The summed E-state index contributed by atoms with van der Waals surface area (Å²) in [6.07, 6.45) is 3.67. The zero-order valence-corrected chi connectivity index (χ0v) is 11.7. The fourth-order valence-corrected chi connectivity index (χ4v) is 2.68. The third kappa shape index (κ3) is 3.14. The van der Waals surface area contributed by atoms with Crippen LogP contribution in [0.1, 0.15) is 31.7 Å². The lowest BCUT2D eigenvalue weighted by atomic mass is 9.99. The number of aromatic amines is 1. The molecule has 0 saturated carbocycles. The molecule has 19 heavy (non-hydrogen) atoms. The molecule has 1 aromatic heterocycles. The summed E-state index contributed by atoms with van der Waals surface area (Å²) in [6.45, 7) is 4.27. The fraction of sp³-hybridized carbons (Fsp3) is 0.308. The Morgan fingerprint density at radius 2 is 2.00 bits per heavy atom. The summed E-state index contributed by atoms with van der Waals surface area (Å²) in [4.78, 5) is 0.124. The SMILES string of the molecule is CCC(C)c1ccc(NS(=O)(=O)c2cn[nH]c2)cc1. The van der Waals surface area contributed by atoms with Gasteiger partial charge in [-0.25, -0.2) is 8.42 Å². The molecule has 0 bridgehead atoms. The Kier molecular flexibility index (Phi) is 3.90. The largest absolute Gasteiger partial charge is 0.284 e. The van der Waals surface area contributed by atoms with E-state index in [1.807, 2.05) is 12.1 Å². The molecule has 0 spiro atoms. The maximum absolute atomic E-state index is 12.0. The molecule has 2 N–H and O–H groups in total. The van der Waals surface area contributed by atoms with Crippen molar-refractivity contribution in [3.63, 3.8) is 0 Å². The number of aromatic nitrogens is 2. The summed E-state index contributed by atoms with van der Waals surface area (Å²) in [5, 5.41) is 6.12. The van der Waals surface area contributed by atoms with Crippen molar-refractivity contribution in [1.82, 2.24) is 10.2 Å². The van der Waals surface area contributed by atoms with Gasteiger partial charge in [-0.2, -0.15) is 5.10 Å². The first-order chi connectivity index (χ1) is 9.03. The molecule has 102 valence electrons. The van der Waals surface area contributed by atoms with Gasteiger partial charge in [-0.3, -0.25) is 9.82 Å². The first-order valence-corrected chi connectivity index (χ1v) is 7.63. The normalized spacial score (nSPS) is 13.2. The highest BCUT2D eigenvalue weighted by atomic mass is 32.2. The minimum absolute atomic E-state index is 0.124. The van der Waals surface area contributed by atoms with Gasteiger partial charge in [-0.15, -0.1) is 0 Å². The molecule has 0 radical (unpaired) electrons. The van der Waals surface area contributed by atoms with Crippen LogP contribution in [0.4, 0.5) is 5.69 Å². The number of H-pyrrole nitrogens is 1. The summed E-state index contributed by atoms with van der Waals surface area (Å²) in [6, 6.07) is 7.45. The standard InChI is InChI=1S/C13H17N3O2S/c1-3-10(2)11-4-6-12(7-5-11)16-19(17,18)13-8-14-15-9-13/h4-10,16H,3H2,1-2H3,(H,14,15). The molecule has 2 aromatic rings. The van der Waals surface area contributed by atoms with Gasteiger partial charge in [0.15, 0.2) is 0 Å². The van der Waals surface area contributed by atoms with Crippen LogP contribution in [0.3, 0.4) is 0 Å². The highest BCUT2D eigenvalue weighted by molar-refractivity contribution is 7.92. The maximum Gasteiger partial charge on any atom is 0.265 e. The van der Waals surface area contributed by atoms with Crippen LogP contribution in [0.25, 0.3) is 0 Å². The monoisotopic (exact) mass is 279 g/mol. The average Bonchev–Trinajstić information content (AvgIpc) is 2.93. The second kappa shape index (κ2) is 5.44. The number of hydrogen-bond donors (Lipinski definition) is 2. The second-order valence-electron chi connectivity index (χ2n) is 4.47. The van der Waals surface area contributed by atoms with Gasteiger partial charge in [0.25, 0.3) is 10.0 Å². The van der Waals surface area contributed by atoms with E-state index in [1.165, 1.54) is 18.0 Å². The molecule has 1 unspecified atom stereocenters. The van der Waals surface area contributed by atoms with E-state index in [4.69, 9.17) is 0 Å². The van der Waals surface area contributed by atoms with Crippen LogP contribution in [0, 0.1) is 0 Å². The summed E-state index contributed by atoms with van der Waals surface area (Å²) < 4.78 is 26.5. The molecule has 2 rings (SSSR count). The van der Waals surface area contributed by atoms with Crippen LogP contribution in [0.2, 0.25) is 0 Å². The van der Waals surface area contributed by atoms with Crippen molar-refractivity contribution in [3.8, 4) is 0 Å². The van der Waals surface area contributed by atoms with Gasteiger partial charge in [-0.05, 0) is 30.0 Å². The third-order valence-electron chi connectivity index (χ3n) is 3.13. The van der Waals surface area contributed by atoms with Crippen molar-refractivity contribution in [3.05, 3.63) is 42.2 Å². The Bertz CT molecular complexity index is 618. The number of anilines is 1. The first kappa shape index (κ1) is 13.6. The minimum Gasteiger partial charge on any atom is -0.284 e. The molecule has 6 heteroatoms. The molecule has 0 fully saturated rings. The van der Waals surface area contributed by atoms with E-state index >= 15 is 0 Å². The molecule has 0 aliphatic heterocycles. The average molecular weight is 279 g/mol. The zero-order chi connectivity index (χ0) is 13.9. The Labute approximate surface area is 113 Å². The lowest BCUT2D eigenvalue weighted by Crippen LogP contribution is -2.12. The van der Waals surface area contributed by atoms with Crippen LogP contribution in [-0.2, 0) is 10.0 Å². The molecular weight excluding hydrogens is 262 g/mol. The molecule has 5 nitrogen and oxygen atoms in total. The van der Waals surface area contributed by atoms with Crippen LogP contribution in [-0.4, -0.2) is 18.6 Å². The van der Waals surface area contributed by atoms with E-state index in [0.29, 0.717) is 11.6 Å². The predicted octanol–water partition coefficient (Wildman–Crippen LogP) is 2.72. The van der Waals surface area contributed by atoms with E-state index in [0.717, 1.165) is 6.42 Å². The summed E-state index contributed by atoms with van der Waals surface area (Å²) in [5.41, 5.74) is 1.75. The Hall–Kier alpha value is -1.82. The van der Waals surface area contributed by atoms with Gasteiger partial charge >= 0.3 is 0 Å². The maximum atomic E-state index is 12.0. The number of nitrogens with one attached hydrogen (secondary N) is 2. The first-order valence-electron chi connectivity index (χ1n) is 6.14. The zero-order valence-electron chi connectivity index (χ0n) is 10.9. The third-order valence-corrected chi connectivity index (χ3v) is 4.48. The Morgan fingerprint density at radius 3 is 2.53 bits per heavy atom. The van der Waals surface area contributed by atoms with E-state index in [2.05, 4.69) is 28.8 Å². The van der Waals surface area contributed by atoms with Crippen molar-refractivity contribution in [1.29, 1.82) is 0 Å². The number of sulfonamides is 1. The lowest BCUT2D eigenvalue weighted by molar-refractivity contribution is 0.601. The number of rotatable bonds is 5. The fourth-order valence-electron chi connectivity index (χ4n) is 1.72. The molecule has 1 heterocycles.